The maximum Gasteiger partial charge on any atom is 2.00 e. The number of hydrogen-bond acceptors (Lipinski definition) is 4. The van der Waals surface area contributed by atoms with E-state index in [1.165, 1.54) is 0 Å². The predicted molar refractivity (Wildman–Crippen MR) is 16.2 cm³/mol. The van der Waals surface area contributed by atoms with E-state index in [1.807, 2.05) is 0 Å². The zero-order valence-electron chi connectivity index (χ0n) is 3.75. The molecule has 0 saturated heterocycles. The molecular formula is CaO4RbS+. The van der Waals surface area contributed by atoms with Gasteiger partial charge in [0, 0.05) is 10.4 Å². The van der Waals surface area contributed by atoms with Crippen molar-refractivity contribution in [3.63, 3.8) is 0 Å². The van der Waals surface area contributed by atoms with E-state index in [-0.39, 0.29) is 95.9 Å². The minimum Gasteiger partial charge on any atom is -0.759 e. The molecule has 0 radical (unpaired) electrons. The molecule has 7 heteroatoms. The van der Waals surface area contributed by atoms with Crippen molar-refractivity contribution in [2.24, 2.45) is 0 Å². The Bertz CT molecular complexity index is 94.9. The van der Waals surface area contributed by atoms with Crippen LogP contribution in [0.4, 0.5) is 0 Å². The first kappa shape index (κ1) is 16.5. The Labute approximate surface area is 120 Å². The van der Waals surface area contributed by atoms with Crippen molar-refractivity contribution in [2.45, 2.75) is 0 Å². The smallest absolute Gasteiger partial charge is 0.759 e. The molecule has 0 aromatic heterocycles. The third-order valence-electron chi connectivity index (χ3n) is 0. The van der Waals surface area contributed by atoms with Crippen LogP contribution in [0.3, 0.4) is 0 Å². The summed E-state index contributed by atoms with van der Waals surface area (Å²) < 4.78 is 34.1. The third kappa shape index (κ3) is 49.9. The maximum absolute atomic E-state index is 8.52. The first-order valence-corrected chi connectivity index (χ1v) is 2.00. The summed E-state index contributed by atoms with van der Waals surface area (Å²) in [6, 6.07) is 0. The third-order valence-corrected chi connectivity index (χ3v) is 0. The molecule has 0 saturated carbocycles. The average Bonchev–Trinajstić information content (AvgIpc) is 0.722. The van der Waals surface area contributed by atoms with Gasteiger partial charge >= 0.3 is 95.9 Å². The zero-order chi connectivity index (χ0) is 4.50. The first-order chi connectivity index (χ1) is 2.00. The van der Waals surface area contributed by atoms with Crippen LogP contribution < -0.4 is 58.2 Å². The van der Waals surface area contributed by atoms with Crippen molar-refractivity contribution in [1.82, 2.24) is 0 Å². The summed E-state index contributed by atoms with van der Waals surface area (Å²) in [5.41, 5.74) is 0. The van der Waals surface area contributed by atoms with E-state index in [9.17, 15) is 0 Å². The van der Waals surface area contributed by atoms with Crippen LogP contribution >= 0.6 is 0 Å². The van der Waals surface area contributed by atoms with Gasteiger partial charge in [-0.15, -0.1) is 0 Å². The minimum absolute atomic E-state index is 0. The quantitative estimate of drug-likeness (QED) is 0.234. The molecule has 0 atom stereocenters. The molecule has 32 valence electrons. The molecule has 0 aromatic rings. The Morgan fingerprint density at radius 2 is 1.14 bits per heavy atom. The summed E-state index contributed by atoms with van der Waals surface area (Å²) in [6.45, 7) is 0. The van der Waals surface area contributed by atoms with Crippen molar-refractivity contribution in [3.8, 4) is 0 Å². The molecule has 0 heterocycles. The summed E-state index contributed by atoms with van der Waals surface area (Å²) in [5.74, 6) is 0. The molecule has 0 spiro atoms. The predicted octanol–water partition coefficient (Wildman–Crippen LogP) is -4.71. The molecular weight excluding hydrogens is 222 g/mol. The van der Waals surface area contributed by atoms with E-state index in [1.54, 1.807) is 0 Å². The fourth-order valence-corrected chi connectivity index (χ4v) is 0. The Morgan fingerprint density at radius 3 is 1.14 bits per heavy atom. The Balaban J connectivity index is -0.0000000800. The van der Waals surface area contributed by atoms with Gasteiger partial charge in [-0.05, 0) is 0 Å². The second kappa shape index (κ2) is 7.05. The molecule has 0 aliphatic heterocycles. The van der Waals surface area contributed by atoms with Crippen LogP contribution in [-0.4, -0.2) is 55.3 Å². The van der Waals surface area contributed by atoms with Gasteiger partial charge in [0.1, 0.15) is 0 Å². The molecule has 0 aromatic carbocycles. The van der Waals surface area contributed by atoms with Crippen molar-refractivity contribution >= 4 is 48.1 Å². The molecule has 0 unspecified atom stereocenters. The van der Waals surface area contributed by atoms with Crippen molar-refractivity contribution in [1.29, 1.82) is 0 Å². The van der Waals surface area contributed by atoms with Gasteiger partial charge in [-0.3, -0.25) is 8.42 Å². The topological polar surface area (TPSA) is 80.3 Å². The zero-order valence-corrected chi connectivity index (χ0v) is 11.7. The van der Waals surface area contributed by atoms with Gasteiger partial charge in [-0.25, -0.2) is 0 Å². The molecule has 0 fully saturated rings. The van der Waals surface area contributed by atoms with E-state index in [0.29, 0.717) is 0 Å². The molecule has 0 aliphatic rings. The van der Waals surface area contributed by atoms with Gasteiger partial charge in [0.2, 0.25) is 0 Å². The van der Waals surface area contributed by atoms with E-state index in [0.717, 1.165) is 0 Å². The van der Waals surface area contributed by atoms with Gasteiger partial charge in [0.25, 0.3) is 0 Å². The van der Waals surface area contributed by atoms with Crippen LogP contribution in [0.25, 0.3) is 0 Å². The summed E-state index contributed by atoms with van der Waals surface area (Å²) in [5, 5.41) is 0. The van der Waals surface area contributed by atoms with Crippen LogP contribution in [-0.2, 0) is 10.4 Å². The maximum atomic E-state index is 8.52. The van der Waals surface area contributed by atoms with Crippen LogP contribution in [0.2, 0.25) is 0 Å². The second-order valence-electron chi connectivity index (χ2n) is 0.408. The van der Waals surface area contributed by atoms with E-state index in [4.69, 9.17) is 17.5 Å². The van der Waals surface area contributed by atoms with Gasteiger partial charge in [0.05, 0.1) is 0 Å². The van der Waals surface area contributed by atoms with Crippen molar-refractivity contribution in [2.75, 3.05) is 0 Å². The molecule has 0 amide bonds. The standard InChI is InChI=1S/Ca.H2O4S.Rb/c;1-5(2,3)4;/h;(H2,1,2,3,4);/q+2;;+1/p-2. The largest absolute Gasteiger partial charge is 2.00 e. The molecule has 4 nitrogen and oxygen atoms in total. The van der Waals surface area contributed by atoms with E-state index >= 15 is 0 Å². The summed E-state index contributed by atoms with van der Waals surface area (Å²) in [7, 11) is -5.17. The Kier molecular flexibility index (Phi) is 16.6. The SMILES string of the molecule is O=S(=O)([O-])[O-].[Ca+2].[Rb+]. The Morgan fingerprint density at radius 1 is 1.14 bits per heavy atom. The first-order valence-electron chi connectivity index (χ1n) is 0.667. The Hall–Kier alpha value is 2.93. The van der Waals surface area contributed by atoms with Crippen LogP contribution in [0.5, 0.6) is 0 Å². The molecule has 0 rings (SSSR count). The van der Waals surface area contributed by atoms with E-state index < -0.39 is 10.4 Å². The normalized spacial score (nSPS) is 8.29. The number of rotatable bonds is 0. The van der Waals surface area contributed by atoms with E-state index in [2.05, 4.69) is 0 Å². The summed E-state index contributed by atoms with van der Waals surface area (Å²) in [4.78, 5) is 0. The monoisotopic (exact) mass is 221 g/mol. The van der Waals surface area contributed by atoms with Crippen molar-refractivity contribution < 1.29 is 75.7 Å². The summed E-state index contributed by atoms with van der Waals surface area (Å²) in [6.07, 6.45) is 0. The number of hydrogen-bond donors (Lipinski definition) is 0. The average molecular weight is 222 g/mol. The van der Waals surface area contributed by atoms with Crippen molar-refractivity contribution in [3.05, 3.63) is 0 Å². The molecule has 0 bridgehead atoms. The fourth-order valence-electron chi connectivity index (χ4n) is 0. The van der Waals surface area contributed by atoms with Gasteiger partial charge in [-0.1, -0.05) is 0 Å². The minimum atomic E-state index is -5.17. The fraction of sp³-hybridized carbons (Fsp3) is 0. The van der Waals surface area contributed by atoms with Gasteiger partial charge < -0.3 is 9.11 Å². The van der Waals surface area contributed by atoms with Gasteiger partial charge in [-0.2, -0.15) is 0 Å². The van der Waals surface area contributed by atoms with Crippen LogP contribution in [0.1, 0.15) is 0 Å². The van der Waals surface area contributed by atoms with Crippen LogP contribution in [0.15, 0.2) is 0 Å². The second-order valence-corrected chi connectivity index (χ2v) is 1.22. The molecule has 7 heavy (non-hydrogen) atoms. The molecule has 0 aliphatic carbocycles. The van der Waals surface area contributed by atoms with Gasteiger partial charge in [0.15, 0.2) is 0 Å². The van der Waals surface area contributed by atoms with Crippen LogP contribution in [0, 0.1) is 0 Å². The molecule has 0 N–H and O–H groups in total. The summed E-state index contributed by atoms with van der Waals surface area (Å²) >= 11 is 0.